The van der Waals surface area contributed by atoms with Gasteiger partial charge in [0.1, 0.15) is 0 Å². The molecule has 0 radical (unpaired) electrons. The Kier molecular flexibility index (Phi) is 8.76. The lowest BCUT2D eigenvalue weighted by Gasteiger charge is -2.20. The highest BCUT2D eigenvalue weighted by Gasteiger charge is 2.09. The van der Waals surface area contributed by atoms with Crippen LogP contribution in [0.25, 0.3) is 11.6 Å². The summed E-state index contributed by atoms with van der Waals surface area (Å²) in [5.41, 5.74) is 8.12. The fourth-order valence-corrected chi connectivity index (χ4v) is 4.11. The van der Waals surface area contributed by atoms with Gasteiger partial charge in [-0.3, -0.25) is 0 Å². The first kappa shape index (κ1) is 23.9. The zero-order valence-electron chi connectivity index (χ0n) is 19.4. The molecule has 0 amide bonds. The highest BCUT2D eigenvalue weighted by atomic mass is 35.5. The molecule has 0 aliphatic carbocycles. The van der Waals surface area contributed by atoms with Gasteiger partial charge in [0.25, 0.3) is 0 Å². The van der Waals surface area contributed by atoms with Crippen molar-refractivity contribution < 1.29 is 0 Å². The predicted octanol–water partition coefficient (Wildman–Crippen LogP) is 9.33. The van der Waals surface area contributed by atoms with Crippen molar-refractivity contribution in [1.82, 2.24) is 0 Å². The Morgan fingerprint density at radius 3 is 2.06 bits per heavy atom. The summed E-state index contributed by atoms with van der Waals surface area (Å²) in [7, 11) is 2.06. The van der Waals surface area contributed by atoms with E-state index < -0.39 is 0 Å². The van der Waals surface area contributed by atoms with Gasteiger partial charge in [-0.15, -0.1) is 0 Å². The molecule has 0 spiro atoms. The van der Waals surface area contributed by atoms with Gasteiger partial charge in [0.15, 0.2) is 0 Å². The number of hydrogen-bond acceptors (Lipinski definition) is 1. The average Bonchev–Trinajstić information content (AvgIpc) is 2.83. The molecule has 0 N–H and O–H groups in total. The van der Waals surface area contributed by atoms with Crippen LogP contribution in [0.4, 0.5) is 11.4 Å². The largest absolute Gasteiger partial charge is 0.345 e. The van der Waals surface area contributed by atoms with Crippen LogP contribution in [0.15, 0.2) is 79.9 Å². The van der Waals surface area contributed by atoms with Crippen LogP contribution in [0.3, 0.4) is 0 Å². The SMILES string of the molecule is C=Cc1cc(C(=C)c2ccc(N(C)c3ccc(Cl)cc3)cc2)ccc1CCCCCCC. The van der Waals surface area contributed by atoms with Crippen LogP contribution in [0.2, 0.25) is 5.02 Å². The van der Waals surface area contributed by atoms with Gasteiger partial charge >= 0.3 is 0 Å². The van der Waals surface area contributed by atoms with E-state index in [2.05, 4.69) is 74.5 Å². The van der Waals surface area contributed by atoms with Gasteiger partial charge in [-0.05, 0) is 83.1 Å². The monoisotopic (exact) mass is 443 g/mol. The van der Waals surface area contributed by atoms with Crippen LogP contribution >= 0.6 is 11.6 Å². The highest BCUT2D eigenvalue weighted by molar-refractivity contribution is 6.30. The molecule has 0 unspecified atom stereocenters. The fraction of sp³-hybridized carbons (Fsp3) is 0.267. The summed E-state index contributed by atoms with van der Waals surface area (Å²) in [5.74, 6) is 0. The third-order valence-corrected chi connectivity index (χ3v) is 6.33. The van der Waals surface area contributed by atoms with Crippen molar-refractivity contribution in [3.63, 3.8) is 0 Å². The van der Waals surface area contributed by atoms with Crippen molar-refractivity contribution in [3.05, 3.63) is 107 Å². The van der Waals surface area contributed by atoms with E-state index in [1.807, 2.05) is 30.3 Å². The molecule has 0 atom stereocenters. The molecule has 0 heterocycles. The Bertz CT molecular complexity index is 1030. The zero-order valence-corrected chi connectivity index (χ0v) is 20.2. The minimum absolute atomic E-state index is 0.746. The summed E-state index contributed by atoms with van der Waals surface area (Å²) in [6.45, 7) is 10.7. The van der Waals surface area contributed by atoms with Crippen LogP contribution in [-0.2, 0) is 6.42 Å². The van der Waals surface area contributed by atoms with E-state index in [0.717, 1.165) is 39.5 Å². The Morgan fingerprint density at radius 2 is 1.44 bits per heavy atom. The standard InChI is InChI=1S/C30H34ClN/c1-5-7-8-9-10-11-26-12-13-27(22-24(26)6-2)23(3)25-14-18-29(19-15-25)32(4)30-20-16-28(31)17-21-30/h6,12-22H,2-3,5,7-11H2,1,4H3. The Morgan fingerprint density at radius 1 is 0.844 bits per heavy atom. The molecule has 0 bridgehead atoms. The molecule has 3 rings (SSSR count). The van der Waals surface area contributed by atoms with Gasteiger partial charge in [0.2, 0.25) is 0 Å². The second kappa shape index (κ2) is 11.7. The van der Waals surface area contributed by atoms with Crippen molar-refractivity contribution >= 4 is 34.6 Å². The molecule has 0 fully saturated rings. The molecule has 3 aromatic rings. The maximum atomic E-state index is 6.02. The molecule has 0 aliphatic heterocycles. The van der Waals surface area contributed by atoms with Gasteiger partial charge in [0.05, 0.1) is 0 Å². The van der Waals surface area contributed by atoms with E-state index in [4.69, 9.17) is 11.6 Å². The van der Waals surface area contributed by atoms with E-state index in [1.54, 1.807) is 0 Å². The molecule has 0 saturated carbocycles. The van der Waals surface area contributed by atoms with Crippen LogP contribution in [0.5, 0.6) is 0 Å². The lowest BCUT2D eigenvalue weighted by molar-refractivity contribution is 0.632. The van der Waals surface area contributed by atoms with Crippen molar-refractivity contribution in [3.8, 4) is 0 Å². The topological polar surface area (TPSA) is 3.24 Å². The number of anilines is 2. The molecule has 0 aliphatic rings. The fourth-order valence-electron chi connectivity index (χ4n) is 3.99. The number of aryl methyl sites for hydroxylation is 1. The third-order valence-electron chi connectivity index (χ3n) is 6.08. The zero-order chi connectivity index (χ0) is 22.9. The molecule has 0 aromatic heterocycles. The van der Waals surface area contributed by atoms with Gasteiger partial charge in [-0.25, -0.2) is 0 Å². The van der Waals surface area contributed by atoms with Gasteiger partial charge < -0.3 is 4.90 Å². The third kappa shape index (κ3) is 6.14. The molecule has 3 aromatic carbocycles. The van der Waals surface area contributed by atoms with E-state index in [1.165, 1.54) is 43.2 Å². The predicted molar refractivity (Wildman–Crippen MR) is 143 cm³/mol. The van der Waals surface area contributed by atoms with Crippen molar-refractivity contribution in [1.29, 1.82) is 0 Å². The van der Waals surface area contributed by atoms with Crippen LogP contribution in [0.1, 0.15) is 61.3 Å². The summed E-state index contributed by atoms with van der Waals surface area (Å²) in [4.78, 5) is 2.15. The number of hydrogen-bond donors (Lipinski definition) is 0. The second-order valence-corrected chi connectivity index (χ2v) is 8.78. The van der Waals surface area contributed by atoms with Crippen LogP contribution < -0.4 is 4.90 Å². The van der Waals surface area contributed by atoms with Crippen LogP contribution in [-0.4, -0.2) is 7.05 Å². The minimum atomic E-state index is 0.746. The van der Waals surface area contributed by atoms with E-state index in [9.17, 15) is 0 Å². The number of halogens is 1. The molecule has 0 saturated heterocycles. The summed E-state index contributed by atoms with van der Waals surface area (Å²) in [6.07, 6.45) is 9.58. The average molecular weight is 444 g/mol. The second-order valence-electron chi connectivity index (χ2n) is 8.34. The number of nitrogens with zero attached hydrogens (tertiary/aromatic N) is 1. The van der Waals surface area contributed by atoms with E-state index in [-0.39, 0.29) is 0 Å². The van der Waals surface area contributed by atoms with Gasteiger partial charge in [0, 0.05) is 23.4 Å². The lowest BCUT2D eigenvalue weighted by Crippen LogP contribution is -2.09. The molecular weight excluding hydrogens is 410 g/mol. The molecule has 1 nitrogen and oxygen atoms in total. The van der Waals surface area contributed by atoms with E-state index >= 15 is 0 Å². The summed E-state index contributed by atoms with van der Waals surface area (Å²) >= 11 is 6.02. The lowest BCUT2D eigenvalue weighted by atomic mass is 9.93. The molecular formula is C30H34ClN. The number of rotatable bonds is 11. The Balaban J connectivity index is 1.70. The smallest absolute Gasteiger partial charge is 0.0409 e. The normalized spacial score (nSPS) is 10.7. The summed E-state index contributed by atoms with van der Waals surface area (Å²) in [6, 6.07) is 23.1. The molecule has 2 heteroatoms. The molecule has 32 heavy (non-hydrogen) atoms. The van der Waals surface area contributed by atoms with Crippen molar-refractivity contribution in [2.45, 2.75) is 45.4 Å². The van der Waals surface area contributed by atoms with Crippen LogP contribution in [0, 0.1) is 0 Å². The maximum Gasteiger partial charge on any atom is 0.0409 e. The Labute approximate surface area is 199 Å². The first-order valence-corrected chi connectivity index (χ1v) is 12.0. The van der Waals surface area contributed by atoms with Gasteiger partial charge in [-0.2, -0.15) is 0 Å². The van der Waals surface area contributed by atoms with E-state index in [0.29, 0.717) is 0 Å². The quantitative estimate of drug-likeness (QED) is 0.267. The van der Waals surface area contributed by atoms with Crippen molar-refractivity contribution in [2.24, 2.45) is 0 Å². The minimum Gasteiger partial charge on any atom is -0.345 e. The van der Waals surface area contributed by atoms with Gasteiger partial charge in [-0.1, -0.05) is 87.7 Å². The Hall–Kier alpha value is -2.77. The van der Waals surface area contributed by atoms with Crippen molar-refractivity contribution in [2.75, 3.05) is 11.9 Å². The molecule has 166 valence electrons. The summed E-state index contributed by atoms with van der Waals surface area (Å²) < 4.78 is 0. The number of unbranched alkanes of at least 4 members (excludes halogenated alkanes) is 4. The number of benzene rings is 3. The first-order chi connectivity index (χ1) is 15.5. The first-order valence-electron chi connectivity index (χ1n) is 11.6. The summed E-state index contributed by atoms with van der Waals surface area (Å²) in [5, 5.41) is 0.746. The highest BCUT2D eigenvalue weighted by Crippen LogP contribution is 2.29. The maximum absolute atomic E-state index is 6.02.